The Bertz CT molecular complexity index is 1190. The van der Waals surface area contributed by atoms with Crippen molar-refractivity contribution in [2.24, 2.45) is 0 Å². The van der Waals surface area contributed by atoms with Crippen LogP contribution in [0.25, 0.3) is 0 Å². The predicted molar refractivity (Wildman–Crippen MR) is 135 cm³/mol. The molecule has 0 amide bonds. The monoisotopic (exact) mass is 523 g/mol. The first-order valence-electron chi connectivity index (χ1n) is 11.7. The molecule has 0 spiro atoms. The van der Waals surface area contributed by atoms with Crippen molar-refractivity contribution < 1.29 is 28.1 Å². The number of ether oxygens (including phenoxy) is 3. The van der Waals surface area contributed by atoms with E-state index in [1.165, 1.54) is 17.7 Å². The maximum absolute atomic E-state index is 13.6. The second-order valence-electron chi connectivity index (χ2n) is 7.97. The minimum Gasteiger partial charge on any atom is -0.462 e. The number of hydrogen-bond acceptors (Lipinski definition) is 8. The Hall–Kier alpha value is -2.98. The van der Waals surface area contributed by atoms with Crippen molar-refractivity contribution in [1.29, 1.82) is 0 Å². The quantitative estimate of drug-likeness (QED) is 0.272. The van der Waals surface area contributed by atoms with Gasteiger partial charge in [-0.1, -0.05) is 32.0 Å². The van der Waals surface area contributed by atoms with E-state index in [-0.39, 0.29) is 6.10 Å². The van der Waals surface area contributed by atoms with Crippen LogP contribution in [0.5, 0.6) is 5.75 Å². The second kappa shape index (κ2) is 13.4. The number of aromatic nitrogens is 2. The van der Waals surface area contributed by atoms with Crippen LogP contribution in [0.1, 0.15) is 46.4 Å². The first kappa shape index (κ1) is 29.3. The molecule has 12 heteroatoms. The summed E-state index contributed by atoms with van der Waals surface area (Å²) in [7, 11) is -3.77. The summed E-state index contributed by atoms with van der Waals surface area (Å²) in [5.41, 5.74) is -0.775. The maximum Gasteiger partial charge on any atom is 0.342 e. The smallest absolute Gasteiger partial charge is 0.342 e. The minimum atomic E-state index is -3.77. The third kappa shape index (κ3) is 8.30. The molecule has 1 aromatic carbocycles. The van der Waals surface area contributed by atoms with Gasteiger partial charge in [0.1, 0.15) is 11.8 Å². The van der Waals surface area contributed by atoms with E-state index >= 15 is 0 Å². The number of benzene rings is 1. The highest BCUT2D eigenvalue weighted by Crippen LogP contribution is 2.44. The molecule has 2 heterocycles. The van der Waals surface area contributed by atoms with Crippen molar-refractivity contribution in [1.82, 2.24) is 14.6 Å². The van der Waals surface area contributed by atoms with Gasteiger partial charge in [0.25, 0.3) is 5.56 Å². The van der Waals surface area contributed by atoms with E-state index in [4.69, 9.17) is 18.7 Å². The summed E-state index contributed by atoms with van der Waals surface area (Å²) >= 11 is 0. The molecule has 2 aromatic rings. The Morgan fingerprint density at radius 2 is 1.83 bits per heavy atom. The number of esters is 1. The van der Waals surface area contributed by atoms with E-state index < -0.39 is 49.6 Å². The Morgan fingerprint density at radius 1 is 1.17 bits per heavy atom. The summed E-state index contributed by atoms with van der Waals surface area (Å²) in [5.74, 6) is -0.265. The summed E-state index contributed by atoms with van der Waals surface area (Å²) in [5, 5.41) is 2.70. The molecule has 3 rings (SSSR count). The van der Waals surface area contributed by atoms with Crippen molar-refractivity contribution in [2.45, 2.75) is 66.2 Å². The predicted octanol–water partition coefficient (Wildman–Crippen LogP) is 3.46. The van der Waals surface area contributed by atoms with Gasteiger partial charge in [0.15, 0.2) is 18.9 Å². The number of hydrogen-bond donors (Lipinski definition) is 2. The molecular formula is C24H34N3O8P. The first-order valence-corrected chi connectivity index (χ1v) is 13.5. The number of carbonyl (C=O) groups is 1. The molecule has 1 aliphatic rings. The zero-order valence-corrected chi connectivity index (χ0v) is 22.2. The van der Waals surface area contributed by atoms with Gasteiger partial charge in [-0.3, -0.25) is 23.7 Å². The van der Waals surface area contributed by atoms with E-state index in [0.29, 0.717) is 11.3 Å². The van der Waals surface area contributed by atoms with Crippen LogP contribution >= 0.6 is 7.52 Å². The molecular weight excluding hydrogens is 489 g/mol. The third-order valence-electron chi connectivity index (χ3n) is 4.63. The van der Waals surface area contributed by atoms with Gasteiger partial charge >= 0.3 is 19.2 Å². The van der Waals surface area contributed by atoms with Gasteiger partial charge in [-0.2, -0.15) is 0 Å². The molecule has 0 saturated heterocycles. The lowest BCUT2D eigenvalue weighted by molar-refractivity contribution is -0.149. The number of aryl methyl sites for hydroxylation is 1. The van der Waals surface area contributed by atoms with Crippen molar-refractivity contribution in [2.75, 3.05) is 6.35 Å². The fraction of sp³-hybridized carbons (Fsp3) is 0.458. The number of aromatic amines is 1. The number of nitrogens with zero attached hydrogens (tertiary/aromatic N) is 1. The molecule has 0 radical (unpaired) electrons. The van der Waals surface area contributed by atoms with Gasteiger partial charge < -0.3 is 18.7 Å². The van der Waals surface area contributed by atoms with Crippen LogP contribution in [-0.4, -0.2) is 40.3 Å². The molecule has 0 fully saturated rings. The normalized spacial score (nSPS) is 19.2. The summed E-state index contributed by atoms with van der Waals surface area (Å²) in [4.78, 5) is 38.1. The average Bonchev–Trinajstić information content (AvgIpc) is 3.30. The van der Waals surface area contributed by atoms with Gasteiger partial charge in [-0.05, 0) is 52.0 Å². The fourth-order valence-corrected chi connectivity index (χ4v) is 4.72. The van der Waals surface area contributed by atoms with E-state index in [2.05, 4.69) is 10.1 Å². The summed E-state index contributed by atoms with van der Waals surface area (Å²) < 4.78 is 37.0. The number of para-hydroxylation sites is 1. The Kier molecular flexibility index (Phi) is 10.9. The molecule has 0 bridgehead atoms. The molecule has 36 heavy (non-hydrogen) atoms. The lowest BCUT2D eigenvalue weighted by Gasteiger charge is -2.25. The van der Waals surface area contributed by atoms with Gasteiger partial charge in [-0.25, -0.2) is 9.88 Å². The highest BCUT2D eigenvalue weighted by Gasteiger charge is 2.33. The topological polar surface area (TPSA) is 138 Å². The van der Waals surface area contributed by atoms with Crippen LogP contribution in [0.15, 0.2) is 58.3 Å². The van der Waals surface area contributed by atoms with Crippen LogP contribution < -0.4 is 20.9 Å². The Balaban J connectivity index is 0.00000222. The van der Waals surface area contributed by atoms with Crippen LogP contribution in [-0.2, 0) is 23.6 Å². The van der Waals surface area contributed by atoms with E-state index in [1.807, 2.05) is 13.8 Å². The van der Waals surface area contributed by atoms with Crippen LogP contribution in [0.3, 0.4) is 0 Å². The standard InChI is InChI=1S/C22H28N3O8P.C2H6/c1-14(2)31-21(27)16(4)24-34(29,33-17-8-6-5-7-9-17)13-30-19-11-10-18(32-19)25-12-15(3)20(26)23-22(25)28;1-2/h5-12,14,16,18-19H,13H2,1-4H3,(H,24,29)(H,23,26,28);1-2H3. The van der Waals surface area contributed by atoms with Crippen molar-refractivity contribution in [3.05, 3.63) is 75.1 Å². The summed E-state index contributed by atoms with van der Waals surface area (Å²) in [6.07, 6.45) is 1.95. The molecule has 198 valence electrons. The van der Waals surface area contributed by atoms with Crippen molar-refractivity contribution in [3.63, 3.8) is 0 Å². The van der Waals surface area contributed by atoms with Gasteiger partial charge in [0.2, 0.25) is 0 Å². The number of carbonyl (C=O) groups excluding carboxylic acids is 1. The van der Waals surface area contributed by atoms with E-state index in [1.54, 1.807) is 63.3 Å². The fourth-order valence-electron chi connectivity index (χ4n) is 3.04. The largest absolute Gasteiger partial charge is 0.462 e. The molecule has 0 saturated carbocycles. The number of H-pyrrole nitrogens is 1. The highest BCUT2D eigenvalue weighted by atomic mass is 31.2. The molecule has 11 nitrogen and oxygen atoms in total. The highest BCUT2D eigenvalue weighted by molar-refractivity contribution is 7.57. The lowest BCUT2D eigenvalue weighted by atomic mass is 10.3. The van der Waals surface area contributed by atoms with Gasteiger partial charge in [-0.15, -0.1) is 0 Å². The van der Waals surface area contributed by atoms with E-state index in [0.717, 1.165) is 0 Å². The van der Waals surface area contributed by atoms with Crippen LogP contribution in [0, 0.1) is 6.92 Å². The molecule has 0 aliphatic carbocycles. The number of rotatable bonds is 10. The second-order valence-corrected chi connectivity index (χ2v) is 10.0. The lowest BCUT2D eigenvalue weighted by Crippen LogP contribution is -2.37. The third-order valence-corrected chi connectivity index (χ3v) is 6.40. The molecule has 1 aromatic heterocycles. The zero-order valence-electron chi connectivity index (χ0n) is 21.3. The van der Waals surface area contributed by atoms with Crippen molar-refractivity contribution >= 4 is 13.5 Å². The van der Waals surface area contributed by atoms with Gasteiger partial charge in [0.05, 0.1) is 6.10 Å². The Morgan fingerprint density at radius 3 is 2.47 bits per heavy atom. The zero-order chi connectivity index (χ0) is 26.9. The maximum atomic E-state index is 13.6. The Labute approximate surface area is 209 Å². The summed E-state index contributed by atoms with van der Waals surface area (Å²) in [6, 6.07) is 7.53. The molecule has 1 aliphatic heterocycles. The molecule has 4 atom stereocenters. The van der Waals surface area contributed by atoms with Crippen molar-refractivity contribution in [3.8, 4) is 5.75 Å². The van der Waals surface area contributed by atoms with E-state index in [9.17, 15) is 18.9 Å². The minimum absolute atomic E-state index is 0.322. The first-order chi connectivity index (χ1) is 17.1. The van der Waals surface area contributed by atoms with Crippen LogP contribution in [0.4, 0.5) is 0 Å². The SMILES string of the molecule is CC.Cc1cn(C2C=CC(OCP(=O)(NC(C)C(=O)OC(C)C)Oc3ccccc3)O2)c(=O)[nH]c1=O. The summed E-state index contributed by atoms with van der Waals surface area (Å²) in [6.45, 7) is 10.5. The average molecular weight is 524 g/mol. The molecule has 4 unspecified atom stereocenters. The van der Waals surface area contributed by atoms with Crippen LogP contribution in [0.2, 0.25) is 0 Å². The van der Waals surface area contributed by atoms with Gasteiger partial charge in [0, 0.05) is 11.8 Å². The number of nitrogens with one attached hydrogen (secondary N) is 2. The molecule has 2 N–H and O–H groups in total.